The lowest BCUT2D eigenvalue weighted by Crippen LogP contribution is -2.57. The van der Waals surface area contributed by atoms with Gasteiger partial charge in [-0.05, 0) is 26.3 Å². The molecular weight excluding hydrogens is 246 g/mol. The molecule has 0 aliphatic rings. The number of hydrogen-bond acceptors (Lipinski definition) is 4. The third-order valence-electron chi connectivity index (χ3n) is 2.52. The van der Waals surface area contributed by atoms with Gasteiger partial charge in [-0.3, -0.25) is 0 Å². The van der Waals surface area contributed by atoms with E-state index in [9.17, 15) is 0 Å². The third kappa shape index (κ3) is 3.63. The summed E-state index contributed by atoms with van der Waals surface area (Å²) >= 11 is 0. The van der Waals surface area contributed by atoms with Crippen LogP contribution in [0.25, 0.3) is 0 Å². The van der Waals surface area contributed by atoms with Gasteiger partial charge in [0.1, 0.15) is 0 Å². The average molecular weight is 269 g/mol. The predicted octanol–water partition coefficient (Wildman–Crippen LogP) is 1.40. The van der Waals surface area contributed by atoms with Gasteiger partial charge in [0.05, 0.1) is 0 Å². The van der Waals surface area contributed by atoms with Crippen LogP contribution in [0.2, 0.25) is 0 Å². The van der Waals surface area contributed by atoms with Crippen molar-refractivity contribution >= 4 is 14.0 Å². The summed E-state index contributed by atoms with van der Waals surface area (Å²) in [6.45, 7) is 8.06. The molecule has 1 aromatic carbocycles. The molecule has 0 bridgehead atoms. The molecule has 18 heavy (non-hydrogen) atoms. The van der Waals surface area contributed by atoms with Crippen molar-refractivity contribution < 1.29 is 13.3 Å². The molecule has 5 heteroatoms. The zero-order chi connectivity index (χ0) is 13.4. The molecule has 0 atom stereocenters. The van der Waals surface area contributed by atoms with E-state index < -0.39 is 8.80 Å². The van der Waals surface area contributed by atoms with E-state index >= 15 is 0 Å². The van der Waals surface area contributed by atoms with Crippen molar-refractivity contribution in [2.24, 2.45) is 5.73 Å². The first-order valence-corrected chi connectivity index (χ1v) is 8.16. The van der Waals surface area contributed by atoms with E-state index in [0.29, 0.717) is 26.4 Å². The maximum atomic E-state index is 5.85. The molecule has 0 radical (unpaired) electrons. The molecule has 0 aromatic heterocycles. The highest BCUT2D eigenvalue weighted by atomic mass is 28.4. The maximum Gasteiger partial charge on any atom is 0.537 e. The van der Waals surface area contributed by atoms with Gasteiger partial charge in [0, 0.05) is 31.6 Å². The van der Waals surface area contributed by atoms with Crippen LogP contribution in [-0.2, 0) is 19.8 Å². The Hall–Kier alpha value is -0.723. The van der Waals surface area contributed by atoms with Crippen LogP contribution in [0.5, 0.6) is 0 Å². The van der Waals surface area contributed by atoms with Gasteiger partial charge >= 0.3 is 8.80 Å². The predicted molar refractivity (Wildman–Crippen MR) is 74.6 cm³/mol. The van der Waals surface area contributed by atoms with Crippen LogP contribution in [0.1, 0.15) is 26.3 Å². The molecule has 1 aromatic rings. The van der Waals surface area contributed by atoms with Crippen LogP contribution in [0.3, 0.4) is 0 Å². The Morgan fingerprint density at radius 2 is 1.56 bits per heavy atom. The largest absolute Gasteiger partial charge is 0.537 e. The Morgan fingerprint density at radius 1 is 1.00 bits per heavy atom. The summed E-state index contributed by atoms with van der Waals surface area (Å²) in [5, 5.41) is 0.982. The van der Waals surface area contributed by atoms with Gasteiger partial charge < -0.3 is 19.0 Å². The molecule has 0 aliphatic carbocycles. The molecule has 102 valence electrons. The summed E-state index contributed by atoms with van der Waals surface area (Å²) in [6.07, 6.45) is 0. The van der Waals surface area contributed by atoms with Crippen molar-refractivity contribution in [2.75, 3.05) is 19.8 Å². The van der Waals surface area contributed by atoms with E-state index in [0.717, 1.165) is 10.8 Å². The first-order chi connectivity index (χ1) is 8.72. The highest BCUT2D eigenvalue weighted by molar-refractivity contribution is 6.75. The second-order valence-corrected chi connectivity index (χ2v) is 6.32. The molecule has 0 aliphatic heterocycles. The van der Waals surface area contributed by atoms with Gasteiger partial charge in [0.25, 0.3) is 0 Å². The highest BCUT2D eigenvalue weighted by Gasteiger charge is 2.43. The fourth-order valence-corrected chi connectivity index (χ4v) is 4.39. The van der Waals surface area contributed by atoms with E-state index in [1.807, 2.05) is 45.0 Å². The molecule has 0 spiro atoms. The fraction of sp³-hybridized carbons (Fsp3) is 0.538. The van der Waals surface area contributed by atoms with Crippen LogP contribution in [0.15, 0.2) is 24.3 Å². The van der Waals surface area contributed by atoms with Gasteiger partial charge in [-0.1, -0.05) is 24.3 Å². The minimum absolute atomic E-state index is 0.503. The Kier molecular flexibility index (Phi) is 6.52. The smallest absolute Gasteiger partial charge is 0.370 e. The number of nitrogens with two attached hydrogens (primary N) is 1. The molecule has 4 nitrogen and oxygen atoms in total. The average Bonchev–Trinajstić information content (AvgIpc) is 2.39. The molecule has 0 fully saturated rings. The Labute approximate surface area is 110 Å². The lowest BCUT2D eigenvalue weighted by molar-refractivity contribution is 0.0859. The molecule has 0 unspecified atom stereocenters. The molecule has 0 amide bonds. The standard InChI is InChI=1S/C13H23NO3Si/c1-4-15-18(16-5-2,17-6-3)13-9-7-8-12(10-13)11-14/h7-10H,4-6,11,14H2,1-3H3. The van der Waals surface area contributed by atoms with Crippen LogP contribution in [-0.4, -0.2) is 28.6 Å². The monoisotopic (exact) mass is 269 g/mol. The molecular formula is C13H23NO3Si. The van der Waals surface area contributed by atoms with Gasteiger partial charge in [-0.15, -0.1) is 0 Å². The van der Waals surface area contributed by atoms with Crippen molar-refractivity contribution in [3.8, 4) is 0 Å². The summed E-state index contributed by atoms with van der Waals surface area (Å²) in [5.41, 5.74) is 6.74. The quantitative estimate of drug-likeness (QED) is 0.725. The Morgan fingerprint density at radius 3 is 2.00 bits per heavy atom. The van der Waals surface area contributed by atoms with Gasteiger partial charge in [0.2, 0.25) is 0 Å². The highest BCUT2D eigenvalue weighted by Crippen LogP contribution is 2.12. The van der Waals surface area contributed by atoms with Crippen LogP contribution < -0.4 is 10.9 Å². The van der Waals surface area contributed by atoms with Crippen molar-refractivity contribution in [1.82, 2.24) is 0 Å². The molecule has 1 rings (SSSR count). The fourth-order valence-electron chi connectivity index (χ4n) is 1.83. The van der Waals surface area contributed by atoms with E-state index in [1.165, 1.54) is 0 Å². The lowest BCUT2D eigenvalue weighted by atomic mass is 10.2. The van der Waals surface area contributed by atoms with Gasteiger partial charge in [-0.2, -0.15) is 0 Å². The third-order valence-corrected chi connectivity index (χ3v) is 5.54. The van der Waals surface area contributed by atoms with Crippen molar-refractivity contribution in [3.05, 3.63) is 29.8 Å². The lowest BCUT2D eigenvalue weighted by Gasteiger charge is -2.28. The maximum absolute atomic E-state index is 5.85. The van der Waals surface area contributed by atoms with E-state index in [2.05, 4.69) is 0 Å². The minimum Gasteiger partial charge on any atom is -0.370 e. The van der Waals surface area contributed by atoms with Crippen LogP contribution in [0.4, 0.5) is 0 Å². The Bertz CT molecular complexity index is 343. The molecule has 2 N–H and O–H groups in total. The van der Waals surface area contributed by atoms with Crippen molar-refractivity contribution in [3.63, 3.8) is 0 Å². The zero-order valence-corrected chi connectivity index (χ0v) is 12.4. The molecule has 0 heterocycles. The van der Waals surface area contributed by atoms with E-state index in [-0.39, 0.29) is 0 Å². The van der Waals surface area contributed by atoms with Gasteiger partial charge in [-0.25, -0.2) is 0 Å². The molecule has 0 saturated carbocycles. The molecule has 0 saturated heterocycles. The second kappa shape index (κ2) is 7.65. The van der Waals surface area contributed by atoms with Crippen molar-refractivity contribution in [1.29, 1.82) is 0 Å². The Balaban J connectivity index is 3.12. The van der Waals surface area contributed by atoms with Crippen LogP contribution in [0, 0.1) is 0 Å². The minimum atomic E-state index is -2.77. The van der Waals surface area contributed by atoms with Crippen molar-refractivity contribution in [2.45, 2.75) is 27.3 Å². The zero-order valence-electron chi connectivity index (χ0n) is 11.4. The number of hydrogen-bond donors (Lipinski definition) is 1. The summed E-state index contributed by atoms with van der Waals surface area (Å²) in [6, 6.07) is 7.97. The number of rotatable bonds is 8. The second-order valence-electron chi connectivity index (χ2n) is 3.76. The summed E-state index contributed by atoms with van der Waals surface area (Å²) in [7, 11) is -2.77. The summed E-state index contributed by atoms with van der Waals surface area (Å²) in [5.74, 6) is 0. The number of benzene rings is 1. The first kappa shape index (κ1) is 15.3. The first-order valence-electron chi connectivity index (χ1n) is 6.43. The van der Waals surface area contributed by atoms with E-state index in [4.69, 9.17) is 19.0 Å². The van der Waals surface area contributed by atoms with Crippen LogP contribution >= 0.6 is 0 Å². The summed E-state index contributed by atoms with van der Waals surface area (Å²) < 4.78 is 17.5. The van der Waals surface area contributed by atoms with E-state index in [1.54, 1.807) is 0 Å². The topological polar surface area (TPSA) is 53.7 Å². The normalized spacial score (nSPS) is 11.8. The van der Waals surface area contributed by atoms with Gasteiger partial charge in [0.15, 0.2) is 0 Å². The summed E-state index contributed by atoms with van der Waals surface area (Å²) in [4.78, 5) is 0. The SMILES string of the molecule is CCO[Si](OCC)(OCC)c1cccc(CN)c1.